The standard InChI is InChI=1S/C15H15N5O/c1-2-4-13-12(3-1)17-10-20(13)14-5-7-16-15(19-14)18-11-6-8-21-9-11/h1-5,7,10-11H,6,8-9H2,(H,16,18,19). The second kappa shape index (κ2) is 5.14. The molecule has 6 nitrogen and oxygen atoms in total. The molecule has 1 atom stereocenters. The first-order chi connectivity index (χ1) is 10.4. The number of anilines is 1. The predicted molar refractivity (Wildman–Crippen MR) is 79.5 cm³/mol. The van der Waals surface area contributed by atoms with Crippen LogP contribution in [-0.4, -0.2) is 38.8 Å². The van der Waals surface area contributed by atoms with Gasteiger partial charge in [0.05, 0.1) is 23.7 Å². The number of para-hydroxylation sites is 2. The lowest BCUT2D eigenvalue weighted by Gasteiger charge is -2.11. The summed E-state index contributed by atoms with van der Waals surface area (Å²) < 4.78 is 7.32. The molecule has 0 radical (unpaired) electrons. The summed E-state index contributed by atoms with van der Waals surface area (Å²) in [4.78, 5) is 13.2. The van der Waals surface area contributed by atoms with Crippen LogP contribution in [0.5, 0.6) is 0 Å². The lowest BCUT2D eigenvalue weighted by molar-refractivity contribution is 0.195. The molecule has 1 saturated heterocycles. The highest BCUT2D eigenvalue weighted by molar-refractivity contribution is 5.76. The number of fused-ring (bicyclic) bond motifs is 1. The zero-order valence-corrected chi connectivity index (χ0v) is 11.4. The molecular weight excluding hydrogens is 266 g/mol. The van der Waals surface area contributed by atoms with Crippen LogP contribution in [0.2, 0.25) is 0 Å². The Hall–Kier alpha value is -2.47. The van der Waals surface area contributed by atoms with Crippen LogP contribution in [0, 0.1) is 0 Å². The van der Waals surface area contributed by atoms with Gasteiger partial charge in [-0.1, -0.05) is 12.1 Å². The minimum Gasteiger partial charge on any atom is -0.379 e. The molecule has 21 heavy (non-hydrogen) atoms. The third-order valence-electron chi connectivity index (χ3n) is 3.60. The second-order valence-electron chi connectivity index (χ2n) is 5.05. The predicted octanol–water partition coefficient (Wildman–Crippen LogP) is 2.02. The molecule has 1 N–H and O–H groups in total. The van der Waals surface area contributed by atoms with Crippen LogP contribution >= 0.6 is 0 Å². The van der Waals surface area contributed by atoms with Crippen LogP contribution in [0.25, 0.3) is 16.9 Å². The van der Waals surface area contributed by atoms with Crippen LogP contribution in [0.15, 0.2) is 42.9 Å². The first-order valence-electron chi connectivity index (χ1n) is 7.00. The van der Waals surface area contributed by atoms with E-state index in [9.17, 15) is 0 Å². The maximum atomic E-state index is 5.36. The van der Waals surface area contributed by atoms with E-state index in [1.165, 1.54) is 0 Å². The molecule has 0 amide bonds. The summed E-state index contributed by atoms with van der Waals surface area (Å²) in [5.41, 5.74) is 1.99. The Balaban J connectivity index is 1.68. The van der Waals surface area contributed by atoms with E-state index in [4.69, 9.17) is 4.74 Å². The van der Waals surface area contributed by atoms with Crippen LogP contribution in [-0.2, 0) is 4.74 Å². The maximum Gasteiger partial charge on any atom is 0.224 e. The monoisotopic (exact) mass is 281 g/mol. The number of ether oxygens (including phenoxy) is 1. The fourth-order valence-electron chi connectivity index (χ4n) is 2.53. The number of benzene rings is 1. The number of hydrogen-bond donors (Lipinski definition) is 1. The second-order valence-corrected chi connectivity index (χ2v) is 5.05. The SMILES string of the molecule is c1ccc2c(c1)ncn2-c1ccnc(NC2CCOC2)n1. The number of nitrogens with one attached hydrogen (secondary N) is 1. The van der Waals surface area contributed by atoms with E-state index in [0.29, 0.717) is 18.6 Å². The Morgan fingerprint density at radius 3 is 3.05 bits per heavy atom. The average molecular weight is 281 g/mol. The van der Waals surface area contributed by atoms with E-state index in [0.717, 1.165) is 29.9 Å². The van der Waals surface area contributed by atoms with Gasteiger partial charge in [0.15, 0.2) is 0 Å². The molecule has 1 aliphatic rings. The van der Waals surface area contributed by atoms with Gasteiger partial charge in [-0.2, -0.15) is 4.98 Å². The molecule has 3 aromatic rings. The Morgan fingerprint density at radius 2 is 2.14 bits per heavy atom. The molecule has 0 aliphatic carbocycles. The Morgan fingerprint density at radius 1 is 1.19 bits per heavy atom. The summed E-state index contributed by atoms with van der Waals surface area (Å²) in [7, 11) is 0. The van der Waals surface area contributed by atoms with Crippen LogP contribution in [0.4, 0.5) is 5.95 Å². The summed E-state index contributed by atoms with van der Waals surface area (Å²) in [6.45, 7) is 1.51. The fourth-order valence-corrected chi connectivity index (χ4v) is 2.53. The molecule has 1 aromatic carbocycles. The summed E-state index contributed by atoms with van der Waals surface area (Å²) in [6.07, 6.45) is 4.53. The van der Waals surface area contributed by atoms with Crippen molar-refractivity contribution in [3.8, 4) is 5.82 Å². The van der Waals surface area contributed by atoms with Crippen LogP contribution in [0.1, 0.15) is 6.42 Å². The summed E-state index contributed by atoms with van der Waals surface area (Å²) in [5.74, 6) is 1.43. The topological polar surface area (TPSA) is 64.9 Å². The van der Waals surface area contributed by atoms with Crippen LogP contribution < -0.4 is 5.32 Å². The molecular formula is C15H15N5O. The highest BCUT2D eigenvalue weighted by Crippen LogP contribution is 2.17. The van der Waals surface area contributed by atoms with Gasteiger partial charge in [-0.05, 0) is 24.6 Å². The van der Waals surface area contributed by atoms with E-state index in [-0.39, 0.29) is 0 Å². The van der Waals surface area contributed by atoms with Crippen molar-refractivity contribution in [1.29, 1.82) is 0 Å². The smallest absolute Gasteiger partial charge is 0.224 e. The van der Waals surface area contributed by atoms with Crippen molar-refractivity contribution >= 4 is 17.0 Å². The van der Waals surface area contributed by atoms with Gasteiger partial charge in [0.2, 0.25) is 5.95 Å². The number of hydrogen-bond acceptors (Lipinski definition) is 5. The van der Waals surface area contributed by atoms with Gasteiger partial charge in [0.25, 0.3) is 0 Å². The molecule has 0 bridgehead atoms. The molecule has 6 heteroatoms. The summed E-state index contributed by atoms with van der Waals surface area (Å²) in [5, 5.41) is 3.31. The number of aromatic nitrogens is 4. The third kappa shape index (κ3) is 2.34. The third-order valence-corrected chi connectivity index (χ3v) is 3.60. The summed E-state index contributed by atoms with van der Waals surface area (Å²) >= 11 is 0. The van der Waals surface area contributed by atoms with Crippen molar-refractivity contribution < 1.29 is 4.74 Å². The van der Waals surface area contributed by atoms with Gasteiger partial charge in [-0.25, -0.2) is 9.97 Å². The first kappa shape index (κ1) is 12.3. The molecule has 2 aromatic heterocycles. The fraction of sp³-hybridized carbons (Fsp3) is 0.267. The van der Waals surface area contributed by atoms with Crippen LogP contribution in [0.3, 0.4) is 0 Å². The Kier molecular flexibility index (Phi) is 3.01. The largest absolute Gasteiger partial charge is 0.379 e. The van der Waals surface area contributed by atoms with Crippen molar-refractivity contribution in [2.24, 2.45) is 0 Å². The number of rotatable bonds is 3. The van der Waals surface area contributed by atoms with Crippen molar-refractivity contribution in [3.63, 3.8) is 0 Å². The van der Waals surface area contributed by atoms with E-state index in [1.807, 2.05) is 34.9 Å². The van der Waals surface area contributed by atoms with Crippen molar-refractivity contribution in [2.75, 3.05) is 18.5 Å². The zero-order valence-electron chi connectivity index (χ0n) is 11.4. The lowest BCUT2D eigenvalue weighted by atomic mass is 10.3. The molecule has 1 fully saturated rings. The quantitative estimate of drug-likeness (QED) is 0.795. The van der Waals surface area contributed by atoms with Gasteiger partial charge in [0, 0.05) is 12.8 Å². The van der Waals surface area contributed by atoms with Gasteiger partial charge < -0.3 is 10.1 Å². The number of imidazole rings is 1. The highest BCUT2D eigenvalue weighted by Gasteiger charge is 2.16. The molecule has 3 heterocycles. The molecule has 1 aliphatic heterocycles. The van der Waals surface area contributed by atoms with E-state index >= 15 is 0 Å². The van der Waals surface area contributed by atoms with Gasteiger partial charge in [-0.15, -0.1) is 0 Å². The van der Waals surface area contributed by atoms with Gasteiger partial charge in [0.1, 0.15) is 12.1 Å². The van der Waals surface area contributed by atoms with Gasteiger partial charge in [-0.3, -0.25) is 4.57 Å². The molecule has 106 valence electrons. The van der Waals surface area contributed by atoms with Crippen molar-refractivity contribution in [1.82, 2.24) is 19.5 Å². The highest BCUT2D eigenvalue weighted by atomic mass is 16.5. The number of nitrogens with zero attached hydrogens (tertiary/aromatic N) is 4. The minimum atomic E-state index is 0.291. The average Bonchev–Trinajstić information content (AvgIpc) is 3.16. The Bertz CT molecular complexity index is 763. The molecule has 1 unspecified atom stereocenters. The van der Waals surface area contributed by atoms with E-state index < -0.39 is 0 Å². The van der Waals surface area contributed by atoms with Gasteiger partial charge >= 0.3 is 0 Å². The van der Waals surface area contributed by atoms with E-state index in [1.54, 1.807) is 12.5 Å². The lowest BCUT2D eigenvalue weighted by Crippen LogP contribution is -2.20. The van der Waals surface area contributed by atoms with Crippen molar-refractivity contribution in [3.05, 3.63) is 42.9 Å². The maximum absolute atomic E-state index is 5.36. The first-order valence-corrected chi connectivity index (χ1v) is 7.00. The minimum absolute atomic E-state index is 0.291. The molecule has 4 rings (SSSR count). The molecule has 0 saturated carbocycles. The van der Waals surface area contributed by atoms with E-state index in [2.05, 4.69) is 20.3 Å². The zero-order chi connectivity index (χ0) is 14.1. The Labute approximate surface area is 121 Å². The normalized spacial score (nSPS) is 18.2. The molecule has 0 spiro atoms. The van der Waals surface area contributed by atoms with Crippen molar-refractivity contribution in [2.45, 2.75) is 12.5 Å². The summed E-state index contributed by atoms with van der Waals surface area (Å²) in [6, 6.07) is 10.2.